The number of benzodiazepines with no additional fused rings is 1. The molecule has 3 rings (SSSR count). The van der Waals surface area contributed by atoms with Crippen molar-refractivity contribution in [2.75, 3.05) is 39.5 Å². The van der Waals surface area contributed by atoms with E-state index in [4.69, 9.17) is 41.9 Å². The van der Waals surface area contributed by atoms with E-state index in [1.165, 1.54) is 0 Å². The van der Waals surface area contributed by atoms with Crippen LogP contribution in [0.2, 0.25) is 5.02 Å². The molecule has 1 amide bonds. The number of benzene rings is 2. The molecule has 0 bridgehead atoms. The van der Waals surface area contributed by atoms with E-state index < -0.39 is 17.7 Å². The Bertz CT molecular complexity index is 1270. The summed E-state index contributed by atoms with van der Waals surface area (Å²) in [5.41, 5.74) is 8.95. The van der Waals surface area contributed by atoms with Gasteiger partial charge in [0.05, 0.1) is 18.9 Å². The largest absolute Gasteiger partial charge is 0.491 e. The molecular weight excluding hydrogens is 544 g/mol. The first kappa shape index (κ1) is 32.0. The molecule has 1 aliphatic rings. The van der Waals surface area contributed by atoms with Gasteiger partial charge >= 0.3 is 6.09 Å². The van der Waals surface area contributed by atoms with Gasteiger partial charge in [-0.05, 0) is 70.6 Å². The van der Waals surface area contributed by atoms with Gasteiger partial charge in [0.1, 0.15) is 29.7 Å². The molecule has 0 aromatic heterocycles. The molecule has 10 nitrogen and oxygen atoms in total. The van der Waals surface area contributed by atoms with E-state index in [0.717, 1.165) is 35.6 Å². The first-order valence-corrected chi connectivity index (χ1v) is 14.2. The van der Waals surface area contributed by atoms with Crippen LogP contribution in [-0.4, -0.2) is 79.1 Å². The fraction of sp³-hybridized carbons (Fsp3) is 0.467. The normalized spacial score (nSPS) is 16.4. The molecule has 0 saturated carbocycles. The van der Waals surface area contributed by atoms with Crippen molar-refractivity contribution in [2.45, 2.75) is 52.7 Å². The molecule has 11 heteroatoms. The number of fused-ring (bicyclic) bond motifs is 1. The first-order chi connectivity index (χ1) is 19.5. The molecule has 5 N–H and O–H groups in total. The number of amides is 1. The van der Waals surface area contributed by atoms with E-state index in [1.54, 1.807) is 11.5 Å². The summed E-state index contributed by atoms with van der Waals surface area (Å²) in [7, 11) is 0. The number of hydrogen-bond donors (Lipinski definition) is 4. The smallest absolute Gasteiger partial charge is 0.407 e. The van der Waals surface area contributed by atoms with E-state index in [1.807, 2.05) is 70.2 Å². The number of aliphatic imine (C=N–C) groups is 1. The van der Waals surface area contributed by atoms with Gasteiger partial charge in [-0.15, -0.1) is 0 Å². The number of halogens is 1. The van der Waals surface area contributed by atoms with Crippen molar-refractivity contribution < 1.29 is 23.6 Å². The van der Waals surface area contributed by atoms with Crippen LogP contribution < -0.4 is 21.1 Å². The Morgan fingerprint density at radius 2 is 1.85 bits per heavy atom. The monoisotopic (exact) mass is 585 g/mol. The maximum atomic E-state index is 11.7. The lowest BCUT2D eigenvalue weighted by atomic mass is 10.00. The van der Waals surface area contributed by atoms with E-state index in [0.29, 0.717) is 55.2 Å². The summed E-state index contributed by atoms with van der Waals surface area (Å²) < 4.78 is 18.6. The van der Waals surface area contributed by atoms with E-state index in [-0.39, 0.29) is 0 Å². The van der Waals surface area contributed by atoms with Gasteiger partial charge in [0.2, 0.25) is 0 Å². The van der Waals surface area contributed by atoms with E-state index >= 15 is 0 Å². The molecule has 0 fully saturated rings. The van der Waals surface area contributed by atoms with Crippen LogP contribution in [0.25, 0.3) is 0 Å². The molecule has 0 saturated heterocycles. The number of nitrogens with one attached hydrogen (secondary N) is 3. The molecule has 0 spiro atoms. The Hall–Kier alpha value is -3.47. The number of carbonyl (C=O) groups is 1. The number of hydrogen-bond acceptors (Lipinski definition) is 7. The highest BCUT2D eigenvalue weighted by molar-refractivity contribution is 6.30. The van der Waals surface area contributed by atoms with Gasteiger partial charge in [0.15, 0.2) is 5.84 Å². The maximum absolute atomic E-state index is 11.7. The van der Waals surface area contributed by atoms with Gasteiger partial charge in [-0.2, -0.15) is 5.41 Å². The molecule has 41 heavy (non-hydrogen) atoms. The summed E-state index contributed by atoms with van der Waals surface area (Å²) in [6, 6.07) is 12.8. The summed E-state index contributed by atoms with van der Waals surface area (Å²) in [6.45, 7) is 12.1. The highest BCUT2D eigenvalue weighted by Gasteiger charge is 2.32. The third-order valence-corrected chi connectivity index (χ3v) is 6.28. The van der Waals surface area contributed by atoms with Crippen molar-refractivity contribution in [3.63, 3.8) is 0 Å². The van der Waals surface area contributed by atoms with Crippen LogP contribution >= 0.6 is 11.6 Å². The SMILES string of the molecule is CCNCC[C@@H]1N=C(c2ccc(Cl)cc2)c2cc(OCCOCCNC(=O)OC(C)(C)C)ccc2[N+](=C(C)N)C1=N. The molecule has 1 atom stereocenters. The number of ether oxygens (including phenoxy) is 3. The topological polar surface area (TPSA) is 134 Å². The highest BCUT2D eigenvalue weighted by Crippen LogP contribution is 2.32. The Balaban J connectivity index is 1.78. The zero-order valence-electron chi connectivity index (χ0n) is 24.6. The van der Waals surface area contributed by atoms with Crippen molar-refractivity contribution in [2.24, 2.45) is 10.7 Å². The average molecular weight is 586 g/mol. The Kier molecular flexibility index (Phi) is 11.7. The standard InChI is InChI=1S/C30H41ClN6O4/c1-6-34-14-13-25-28(33)37(20(2)32)26-12-11-23(19-24(26)27(36-25)21-7-9-22(31)10-8-21)40-18-17-39-16-15-35-29(38)41-30(3,4)5/h7-12,19,25,32-34H,6,13-18H2,1-5H3,(H,35,38)/p+1/t25-/m0/s1. The summed E-state index contributed by atoms with van der Waals surface area (Å²) >= 11 is 6.18. The number of amidine groups is 2. The van der Waals surface area contributed by atoms with Gasteiger partial charge in [-0.25, -0.2) is 9.37 Å². The fourth-order valence-corrected chi connectivity index (χ4v) is 4.38. The molecule has 2 aromatic rings. The van der Waals surface area contributed by atoms with Crippen LogP contribution in [0.3, 0.4) is 0 Å². The van der Waals surface area contributed by atoms with Gasteiger partial charge in [0.25, 0.3) is 5.84 Å². The minimum absolute atomic E-state index is 0.311. The van der Waals surface area contributed by atoms with Crippen molar-refractivity contribution in [1.82, 2.24) is 10.6 Å². The van der Waals surface area contributed by atoms with Crippen molar-refractivity contribution in [1.29, 1.82) is 5.41 Å². The number of rotatable bonds is 12. The van der Waals surface area contributed by atoms with Crippen LogP contribution in [-0.2, 0) is 9.47 Å². The molecule has 2 aromatic carbocycles. The van der Waals surface area contributed by atoms with Crippen LogP contribution in [0.4, 0.5) is 10.5 Å². The number of carbonyl (C=O) groups excluding carboxylic acids is 1. The van der Waals surface area contributed by atoms with Crippen molar-refractivity contribution in [3.05, 3.63) is 58.6 Å². The fourth-order valence-electron chi connectivity index (χ4n) is 4.25. The van der Waals surface area contributed by atoms with Gasteiger partial charge in [-0.1, -0.05) is 30.7 Å². The van der Waals surface area contributed by atoms with E-state index in [9.17, 15) is 4.79 Å². The number of nitrogens with zero attached hydrogens (tertiary/aromatic N) is 2. The Labute approximate surface area is 247 Å². The predicted molar refractivity (Wildman–Crippen MR) is 164 cm³/mol. The Morgan fingerprint density at radius 1 is 1.12 bits per heavy atom. The molecule has 1 aliphatic heterocycles. The number of alkyl carbamates (subject to hydrolysis) is 1. The lowest BCUT2D eigenvalue weighted by molar-refractivity contribution is -0.314. The minimum atomic E-state index is -0.545. The highest BCUT2D eigenvalue weighted by atomic mass is 35.5. The molecule has 0 aliphatic carbocycles. The minimum Gasteiger partial charge on any atom is -0.491 e. The Morgan fingerprint density at radius 3 is 2.51 bits per heavy atom. The lowest BCUT2D eigenvalue weighted by Crippen LogP contribution is -2.35. The molecular formula is C30H42ClN6O4+. The lowest BCUT2D eigenvalue weighted by Gasteiger charge is -2.19. The second kappa shape index (κ2) is 15.0. The average Bonchev–Trinajstić information content (AvgIpc) is 3.02. The third kappa shape index (κ3) is 9.55. The molecule has 1 heterocycles. The molecule has 222 valence electrons. The van der Waals surface area contributed by atoms with Gasteiger partial charge in [0, 0.05) is 29.6 Å². The zero-order valence-corrected chi connectivity index (χ0v) is 25.3. The van der Waals surface area contributed by atoms with Crippen LogP contribution in [0.1, 0.15) is 52.2 Å². The predicted octanol–water partition coefficient (Wildman–Crippen LogP) is 4.48. The third-order valence-electron chi connectivity index (χ3n) is 6.03. The second-order valence-electron chi connectivity index (χ2n) is 10.6. The van der Waals surface area contributed by atoms with Gasteiger partial charge < -0.3 is 30.6 Å². The zero-order chi connectivity index (χ0) is 30.0. The van der Waals surface area contributed by atoms with Crippen molar-refractivity contribution in [3.8, 4) is 5.75 Å². The van der Waals surface area contributed by atoms with E-state index in [2.05, 4.69) is 10.6 Å². The summed E-state index contributed by atoms with van der Waals surface area (Å²) in [4.78, 5) is 16.8. The quantitative estimate of drug-likeness (QED) is 0.165. The van der Waals surface area contributed by atoms with Crippen LogP contribution in [0.5, 0.6) is 5.75 Å². The molecule has 0 unspecified atom stereocenters. The summed E-state index contributed by atoms with van der Waals surface area (Å²) in [6.07, 6.45) is 0.168. The summed E-state index contributed by atoms with van der Waals surface area (Å²) in [5.74, 6) is 1.43. The maximum Gasteiger partial charge on any atom is 0.407 e. The second-order valence-corrected chi connectivity index (χ2v) is 11.0. The summed E-state index contributed by atoms with van der Waals surface area (Å²) in [5, 5.41) is 15.6. The molecule has 0 radical (unpaired) electrons. The van der Waals surface area contributed by atoms with Gasteiger partial charge in [-0.3, -0.25) is 4.99 Å². The van der Waals surface area contributed by atoms with Crippen molar-refractivity contribution >= 4 is 40.8 Å². The number of nitrogens with two attached hydrogens (primary N) is 1. The first-order valence-electron chi connectivity index (χ1n) is 13.8. The van der Waals surface area contributed by atoms with Crippen LogP contribution in [0.15, 0.2) is 47.5 Å². The van der Waals surface area contributed by atoms with Crippen LogP contribution in [0, 0.1) is 5.41 Å².